The van der Waals surface area contributed by atoms with Crippen LogP contribution in [0.4, 0.5) is 0 Å². The minimum absolute atomic E-state index is 0.0388. The summed E-state index contributed by atoms with van der Waals surface area (Å²) in [4.78, 5) is 4.19. The highest BCUT2D eigenvalue weighted by Crippen LogP contribution is 2.24. The van der Waals surface area contributed by atoms with Crippen molar-refractivity contribution in [3.8, 4) is 5.69 Å². The van der Waals surface area contributed by atoms with Gasteiger partial charge < -0.3 is 10.3 Å². The Hall–Kier alpha value is -1.65. The van der Waals surface area contributed by atoms with E-state index in [1.165, 1.54) is 10.8 Å². The summed E-state index contributed by atoms with van der Waals surface area (Å²) in [5.74, 6) is 0. The highest BCUT2D eigenvalue weighted by atomic mass is 79.9. The van der Waals surface area contributed by atoms with E-state index < -0.39 is 0 Å². The molecule has 0 amide bonds. The number of rotatable bonds is 2. The zero-order valence-electron chi connectivity index (χ0n) is 10.5. The minimum atomic E-state index is -0.0388. The normalized spacial score (nSPS) is 12.8. The molecule has 0 fully saturated rings. The van der Waals surface area contributed by atoms with Crippen LogP contribution in [0.15, 0.2) is 53.4 Å². The molecule has 0 saturated heterocycles. The third-order valence-electron chi connectivity index (χ3n) is 3.20. The van der Waals surface area contributed by atoms with Gasteiger partial charge in [0, 0.05) is 16.2 Å². The largest absolute Gasteiger partial charge is 0.323 e. The molecule has 0 aliphatic rings. The van der Waals surface area contributed by atoms with Gasteiger partial charge in [0.1, 0.15) is 0 Å². The number of aromatic nitrogens is 2. The molecule has 0 bridgehead atoms. The fourth-order valence-corrected chi connectivity index (χ4v) is 2.59. The minimum Gasteiger partial charge on any atom is -0.323 e. The SMILES string of the molecule is C[C@@H](N)c1cncn1-c1ccc2cc(Br)ccc2c1. The third kappa shape index (κ3) is 2.29. The Kier molecular flexibility index (Phi) is 3.12. The van der Waals surface area contributed by atoms with Crippen LogP contribution in [0.1, 0.15) is 18.7 Å². The van der Waals surface area contributed by atoms with Gasteiger partial charge in [0.2, 0.25) is 0 Å². The van der Waals surface area contributed by atoms with E-state index in [2.05, 4.69) is 51.2 Å². The van der Waals surface area contributed by atoms with Crippen LogP contribution in [0, 0.1) is 0 Å². The molecule has 1 heterocycles. The fourth-order valence-electron chi connectivity index (χ4n) is 2.21. The first-order valence-electron chi connectivity index (χ1n) is 6.12. The summed E-state index contributed by atoms with van der Waals surface area (Å²) in [6, 6.07) is 12.6. The fraction of sp³-hybridized carbons (Fsp3) is 0.133. The highest BCUT2D eigenvalue weighted by Gasteiger charge is 2.08. The summed E-state index contributed by atoms with van der Waals surface area (Å²) < 4.78 is 3.12. The maximum atomic E-state index is 5.96. The lowest BCUT2D eigenvalue weighted by Crippen LogP contribution is -2.10. The lowest BCUT2D eigenvalue weighted by Gasteiger charge is -2.11. The topological polar surface area (TPSA) is 43.8 Å². The molecule has 96 valence electrons. The van der Waals surface area contributed by atoms with Gasteiger partial charge in [-0.05, 0) is 42.0 Å². The second-order valence-corrected chi connectivity index (χ2v) is 5.57. The van der Waals surface area contributed by atoms with E-state index in [1.807, 2.05) is 23.8 Å². The van der Waals surface area contributed by atoms with Crippen LogP contribution in [0.25, 0.3) is 16.5 Å². The molecule has 2 aromatic carbocycles. The maximum absolute atomic E-state index is 5.96. The van der Waals surface area contributed by atoms with Gasteiger partial charge in [-0.15, -0.1) is 0 Å². The quantitative estimate of drug-likeness (QED) is 0.781. The van der Waals surface area contributed by atoms with E-state index in [4.69, 9.17) is 5.73 Å². The Morgan fingerprint density at radius 3 is 2.68 bits per heavy atom. The Bertz CT molecular complexity index is 731. The molecule has 3 rings (SSSR count). The summed E-state index contributed by atoms with van der Waals surface area (Å²) in [5.41, 5.74) is 8.06. The molecule has 0 aliphatic carbocycles. The second kappa shape index (κ2) is 4.79. The molecular weight excluding hydrogens is 302 g/mol. The van der Waals surface area contributed by atoms with Gasteiger partial charge in [-0.2, -0.15) is 0 Å². The summed E-state index contributed by atoms with van der Waals surface area (Å²) in [5, 5.41) is 2.41. The molecule has 4 heteroatoms. The molecule has 0 spiro atoms. The van der Waals surface area contributed by atoms with Crippen molar-refractivity contribution in [1.82, 2.24) is 9.55 Å². The lowest BCUT2D eigenvalue weighted by atomic mass is 10.1. The summed E-state index contributed by atoms with van der Waals surface area (Å²) in [6.07, 6.45) is 3.62. The molecule has 1 atom stereocenters. The van der Waals surface area contributed by atoms with Crippen molar-refractivity contribution < 1.29 is 0 Å². The van der Waals surface area contributed by atoms with E-state index >= 15 is 0 Å². The van der Waals surface area contributed by atoms with Gasteiger partial charge in [0.05, 0.1) is 18.2 Å². The van der Waals surface area contributed by atoms with Crippen LogP contribution in [0.3, 0.4) is 0 Å². The van der Waals surface area contributed by atoms with Crippen molar-refractivity contribution >= 4 is 26.7 Å². The van der Waals surface area contributed by atoms with E-state index in [0.29, 0.717) is 0 Å². The molecule has 0 aliphatic heterocycles. The molecule has 1 aromatic heterocycles. The predicted molar refractivity (Wildman–Crippen MR) is 81.4 cm³/mol. The number of benzene rings is 2. The maximum Gasteiger partial charge on any atom is 0.0994 e. The second-order valence-electron chi connectivity index (χ2n) is 4.65. The van der Waals surface area contributed by atoms with Gasteiger partial charge >= 0.3 is 0 Å². The van der Waals surface area contributed by atoms with E-state index in [1.54, 1.807) is 6.33 Å². The number of nitrogens with two attached hydrogens (primary N) is 1. The van der Waals surface area contributed by atoms with Gasteiger partial charge in [-0.1, -0.05) is 28.1 Å². The lowest BCUT2D eigenvalue weighted by molar-refractivity contribution is 0.753. The van der Waals surface area contributed by atoms with Crippen LogP contribution in [-0.2, 0) is 0 Å². The van der Waals surface area contributed by atoms with E-state index in [0.717, 1.165) is 15.9 Å². The van der Waals surface area contributed by atoms with Crippen molar-refractivity contribution in [2.24, 2.45) is 5.73 Å². The first-order chi connectivity index (χ1) is 9.15. The Morgan fingerprint density at radius 1 is 1.16 bits per heavy atom. The average molecular weight is 316 g/mol. The van der Waals surface area contributed by atoms with Crippen molar-refractivity contribution in [3.63, 3.8) is 0 Å². The van der Waals surface area contributed by atoms with Gasteiger partial charge in [0.15, 0.2) is 0 Å². The third-order valence-corrected chi connectivity index (χ3v) is 3.69. The average Bonchev–Trinajstić information content (AvgIpc) is 2.87. The Morgan fingerprint density at radius 2 is 1.89 bits per heavy atom. The van der Waals surface area contributed by atoms with Gasteiger partial charge in [-0.3, -0.25) is 0 Å². The first-order valence-corrected chi connectivity index (χ1v) is 6.92. The molecule has 3 nitrogen and oxygen atoms in total. The summed E-state index contributed by atoms with van der Waals surface area (Å²) in [6.45, 7) is 1.96. The Balaban J connectivity index is 2.15. The standard InChI is InChI=1S/C15H14BrN3/c1-10(17)15-8-18-9-19(15)14-5-3-11-6-13(16)4-2-12(11)7-14/h2-10H,17H2,1H3/t10-/m1/s1. The number of fused-ring (bicyclic) bond motifs is 1. The number of halogens is 1. The highest BCUT2D eigenvalue weighted by molar-refractivity contribution is 9.10. The van der Waals surface area contributed by atoms with Crippen molar-refractivity contribution in [3.05, 3.63) is 59.1 Å². The first kappa shape index (κ1) is 12.4. The van der Waals surface area contributed by atoms with Crippen LogP contribution in [-0.4, -0.2) is 9.55 Å². The predicted octanol–water partition coefficient (Wildman–Crippen LogP) is 3.81. The number of hydrogen-bond donors (Lipinski definition) is 1. The van der Waals surface area contributed by atoms with Gasteiger partial charge in [-0.25, -0.2) is 4.98 Å². The summed E-state index contributed by atoms with van der Waals surface area (Å²) >= 11 is 3.49. The number of imidazole rings is 1. The van der Waals surface area contributed by atoms with Crippen molar-refractivity contribution in [2.75, 3.05) is 0 Å². The van der Waals surface area contributed by atoms with Crippen LogP contribution in [0.2, 0.25) is 0 Å². The van der Waals surface area contributed by atoms with E-state index in [-0.39, 0.29) is 6.04 Å². The summed E-state index contributed by atoms with van der Waals surface area (Å²) in [7, 11) is 0. The zero-order valence-corrected chi connectivity index (χ0v) is 12.1. The van der Waals surface area contributed by atoms with Crippen molar-refractivity contribution in [2.45, 2.75) is 13.0 Å². The monoisotopic (exact) mass is 315 g/mol. The number of nitrogens with zero attached hydrogens (tertiary/aromatic N) is 2. The molecule has 0 unspecified atom stereocenters. The van der Waals surface area contributed by atoms with Crippen LogP contribution in [0.5, 0.6) is 0 Å². The molecule has 2 N–H and O–H groups in total. The molecule has 19 heavy (non-hydrogen) atoms. The van der Waals surface area contributed by atoms with E-state index in [9.17, 15) is 0 Å². The van der Waals surface area contributed by atoms with Crippen LogP contribution >= 0.6 is 15.9 Å². The molecule has 3 aromatic rings. The number of hydrogen-bond acceptors (Lipinski definition) is 2. The Labute approximate surface area is 120 Å². The molecular formula is C15H14BrN3. The molecule has 0 saturated carbocycles. The zero-order chi connectivity index (χ0) is 13.4. The smallest absolute Gasteiger partial charge is 0.0994 e. The van der Waals surface area contributed by atoms with Gasteiger partial charge in [0.25, 0.3) is 0 Å². The molecule has 0 radical (unpaired) electrons. The van der Waals surface area contributed by atoms with Crippen molar-refractivity contribution in [1.29, 1.82) is 0 Å². The van der Waals surface area contributed by atoms with Crippen LogP contribution < -0.4 is 5.73 Å².